The Kier molecular flexibility index (Phi) is 5.67. The molecule has 0 heterocycles. The van der Waals surface area contributed by atoms with Crippen molar-refractivity contribution in [2.24, 2.45) is 0 Å². The molecule has 0 saturated heterocycles. The van der Waals surface area contributed by atoms with Crippen LogP contribution in [0.4, 0.5) is 11.4 Å². The molecule has 0 aliphatic heterocycles. The second-order valence-electron chi connectivity index (χ2n) is 4.96. The zero-order valence-corrected chi connectivity index (χ0v) is 13.2. The van der Waals surface area contributed by atoms with Gasteiger partial charge >= 0.3 is 0 Å². The lowest BCUT2D eigenvalue weighted by molar-refractivity contribution is -0.115. The first-order valence-corrected chi connectivity index (χ1v) is 7.53. The molecule has 4 nitrogen and oxygen atoms in total. The van der Waals surface area contributed by atoms with Gasteiger partial charge in [0.15, 0.2) is 0 Å². The predicted octanol–water partition coefficient (Wildman–Crippen LogP) is 3.89. The number of carbonyl (C=O) groups excluding carboxylic acids is 1. The molecule has 2 aromatic carbocycles. The van der Waals surface area contributed by atoms with Crippen molar-refractivity contribution in [1.29, 1.82) is 0 Å². The first-order valence-electron chi connectivity index (χ1n) is 7.15. The molecule has 0 unspecified atom stereocenters. The lowest BCUT2D eigenvalue weighted by Gasteiger charge is -2.09. The lowest BCUT2D eigenvalue weighted by Crippen LogP contribution is -2.14. The number of nitrogen functional groups attached to an aromatic ring is 1. The molecule has 2 aromatic rings. The molecule has 116 valence electrons. The summed E-state index contributed by atoms with van der Waals surface area (Å²) < 4.78 is 5.51. The molecular weight excluding hydrogens is 300 g/mol. The lowest BCUT2D eigenvalue weighted by atomic mass is 10.1. The largest absolute Gasteiger partial charge is 0.492 e. The molecule has 1 amide bonds. The number of ether oxygens (including phenoxy) is 1. The third-order valence-electron chi connectivity index (χ3n) is 3.02. The minimum atomic E-state index is -0.108. The number of benzene rings is 2. The summed E-state index contributed by atoms with van der Waals surface area (Å²) in [7, 11) is 0. The van der Waals surface area contributed by atoms with Gasteiger partial charge in [-0.15, -0.1) is 0 Å². The van der Waals surface area contributed by atoms with Crippen LogP contribution in [0.15, 0.2) is 42.5 Å². The number of nitrogens with two attached hydrogens (primary N) is 1. The maximum atomic E-state index is 12.0. The molecule has 0 fully saturated rings. The summed E-state index contributed by atoms with van der Waals surface area (Å²) in [6.07, 6.45) is 1.17. The van der Waals surface area contributed by atoms with Crippen LogP contribution in [0.3, 0.4) is 0 Å². The molecule has 2 rings (SSSR count). The summed E-state index contributed by atoms with van der Waals surface area (Å²) in [6, 6.07) is 12.4. The van der Waals surface area contributed by atoms with Gasteiger partial charge in [0.2, 0.25) is 5.91 Å². The monoisotopic (exact) mass is 318 g/mol. The second kappa shape index (κ2) is 7.71. The van der Waals surface area contributed by atoms with E-state index in [1.165, 1.54) is 0 Å². The van der Waals surface area contributed by atoms with Gasteiger partial charge in [0.05, 0.1) is 18.1 Å². The van der Waals surface area contributed by atoms with Crippen molar-refractivity contribution < 1.29 is 9.53 Å². The predicted molar refractivity (Wildman–Crippen MR) is 90.4 cm³/mol. The van der Waals surface area contributed by atoms with Crippen LogP contribution in [0, 0.1) is 0 Å². The van der Waals surface area contributed by atoms with Gasteiger partial charge in [-0.1, -0.05) is 24.6 Å². The summed E-state index contributed by atoms with van der Waals surface area (Å²) in [5.74, 6) is 0.536. The quantitative estimate of drug-likeness (QED) is 0.794. The second-order valence-corrected chi connectivity index (χ2v) is 5.37. The molecule has 0 atom stereocenters. The topological polar surface area (TPSA) is 64.3 Å². The summed E-state index contributed by atoms with van der Waals surface area (Å²) >= 11 is 6.16. The van der Waals surface area contributed by atoms with E-state index in [4.69, 9.17) is 22.1 Å². The minimum Gasteiger partial charge on any atom is -0.492 e. The number of nitrogens with one attached hydrogen (secondary N) is 1. The van der Waals surface area contributed by atoms with Gasteiger partial charge in [0.25, 0.3) is 0 Å². The molecule has 0 bridgehead atoms. The third-order valence-corrected chi connectivity index (χ3v) is 3.31. The van der Waals surface area contributed by atoms with E-state index in [1.54, 1.807) is 36.4 Å². The van der Waals surface area contributed by atoms with Crippen molar-refractivity contribution in [1.82, 2.24) is 0 Å². The number of anilines is 2. The Morgan fingerprint density at radius 3 is 2.59 bits per heavy atom. The van der Waals surface area contributed by atoms with Crippen molar-refractivity contribution in [2.45, 2.75) is 19.8 Å². The first-order chi connectivity index (χ1) is 10.6. The third kappa shape index (κ3) is 4.67. The summed E-state index contributed by atoms with van der Waals surface area (Å²) in [4.78, 5) is 12.0. The average Bonchev–Trinajstić information content (AvgIpc) is 2.49. The Morgan fingerprint density at radius 2 is 1.95 bits per heavy atom. The fourth-order valence-corrected chi connectivity index (χ4v) is 2.20. The van der Waals surface area contributed by atoms with E-state index in [0.717, 1.165) is 12.0 Å². The highest BCUT2D eigenvalue weighted by Gasteiger charge is 2.07. The average molecular weight is 319 g/mol. The highest BCUT2D eigenvalue weighted by Crippen LogP contribution is 2.26. The molecule has 0 aliphatic rings. The maximum Gasteiger partial charge on any atom is 0.228 e. The molecule has 0 radical (unpaired) electrons. The molecule has 22 heavy (non-hydrogen) atoms. The molecule has 5 heteroatoms. The van der Waals surface area contributed by atoms with Gasteiger partial charge in [0, 0.05) is 11.4 Å². The van der Waals surface area contributed by atoms with Crippen LogP contribution in [0.1, 0.15) is 18.9 Å². The van der Waals surface area contributed by atoms with Crippen LogP contribution in [0.2, 0.25) is 5.02 Å². The van der Waals surface area contributed by atoms with Crippen LogP contribution in [-0.2, 0) is 11.2 Å². The van der Waals surface area contributed by atoms with E-state index < -0.39 is 0 Å². The van der Waals surface area contributed by atoms with Crippen LogP contribution < -0.4 is 15.8 Å². The van der Waals surface area contributed by atoms with Crippen LogP contribution in [0.5, 0.6) is 5.75 Å². The SMILES string of the molecule is CCCOc1ccc(CC(=O)Nc2ccc(N)cc2)cc1Cl. The summed E-state index contributed by atoms with van der Waals surface area (Å²) in [5, 5.41) is 3.34. The van der Waals surface area contributed by atoms with Gasteiger partial charge in [-0.25, -0.2) is 0 Å². The van der Waals surface area contributed by atoms with Crippen LogP contribution in [0.25, 0.3) is 0 Å². The summed E-state index contributed by atoms with van der Waals surface area (Å²) in [6.45, 7) is 2.65. The highest BCUT2D eigenvalue weighted by atomic mass is 35.5. The summed E-state index contributed by atoms with van der Waals surface area (Å²) in [5.41, 5.74) is 7.82. The van der Waals surface area contributed by atoms with Crippen molar-refractivity contribution in [3.8, 4) is 5.75 Å². The number of hydrogen-bond donors (Lipinski definition) is 2. The molecule has 3 N–H and O–H groups in total. The fourth-order valence-electron chi connectivity index (χ4n) is 1.94. The zero-order chi connectivity index (χ0) is 15.9. The number of amides is 1. The molecule has 0 aliphatic carbocycles. The van der Waals surface area contributed by atoms with E-state index >= 15 is 0 Å². The molecule has 0 aromatic heterocycles. The van der Waals surface area contributed by atoms with Crippen molar-refractivity contribution >= 4 is 28.9 Å². The Hall–Kier alpha value is -2.20. The Morgan fingerprint density at radius 1 is 1.23 bits per heavy atom. The fraction of sp³-hybridized carbons (Fsp3) is 0.235. The maximum absolute atomic E-state index is 12.0. The van der Waals surface area contributed by atoms with Crippen molar-refractivity contribution in [2.75, 3.05) is 17.7 Å². The van der Waals surface area contributed by atoms with E-state index in [2.05, 4.69) is 5.32 Å². The van der Waals surface area contributed by atoms with E-state index in [1.807, 2.05) is 13.0 Å². The number of halogens is 1. The van der Waals surface area contributed by atoms with Gasteiger partial charge in [-0.2, -0.15) is 0 Å². The Bertz CT molecular complexity index is 642. The Balaban J connectivity index is 1.96. The number of rotatable bonds is 6. The van der Waals surface area contributed by atoms with Crippen molar-refractivity contribution in [3.63, 3.8) is 0 Å². The molecule has 0 saturated carbocycles. The van der Waals surface area contributed by atoms with E-state index in [0.29, 0.717) is 28.8 Å². The minimum absolute atomic E-state index is 0.108. The van der Waals surface area contributed by atoms with Gasteiger partial charge in [-0.05, 0) is 48.4 Å². The normalized spacial score (nSPS) is 10.3. The zero-order valence-electron chi connectivity index (χ0n) is 12.4. The van der Waals surface area contributed by atoms with Gasteiger partial charge < -0.3 is 15.8 Å². The van der Waals surface area contributed by atoms with E-state index in [9.17, 15) is 4.79 Å². The standard InChI is InChI=1S/C17H19ClN2O2/c1-2-9-22-16-8-3-12(10-15(16)18)11-17(21)20-14-6-4-13(19)5-7-14/h3-8,10H,2,9,11,19H2,1H3,(H,20,21). The number of carbonyl (C=O) groups is 1. The number of hydrogen-bond acceptors (Lipinski definition) is 3. The van der Waals surface area contributed by atoms with Gasteiger partial charge in [0.1, 0.15) is 5.75 Å². The molecule has 0 spiro atoms. The van der Waals surface area contributed by atoms with Crippen LogP contribution >= 0.6 is 11.6 Å². The first kappa shape index (κ1) is 16.2. The Labute approximate surface area is 135 Å². The smallest absolute Gasteiger partial charge is 0.228 e. The highest BCUT2D eigenvalue weighted by molar-refractivity contribution is 6.32. The van der Waals surface area contributed by atoms with Gasteiger partial charge in [-0.3, -0.25) is 4.79 Å². The van der Waals surface area contributed by atoms with Crippen molar-refractivity contribution in [3.05, 3.63) is 53.1 Å². The molecular formula is C17H19ClN2O2. The van der Waals surface area contributed by atoms with E-state index in [-0.39, 0.29) is 12.3 Å². The van der Waals surface area contributed by atoms with Crippen LogP contribution in [-0.4, -0.2) is 12.5 Å².